The average molecular weight is 635 g/mol. The molecular weight excluding hydrogens is 598 g/mol. The molecule has 0 bridgehead atoms. The summed E-state index contributed by atoms with van der Waals surface area (Å²) in [6.07, 6.45) is -0.360. The number of benzene rings is 1. The molecule has 3 N–H and O–H groups in total. The largest absolute Gasteiger partial charge is 0.484 e. The molecule has 3 rings (SSSR count). The van der Waals surface area contributed by atoms with Crippen LogP contribution in [-0.2, 0) is 23.9 Å². The summed E-state index contributed by atoms with van der Waals surface area (Å²) in [4.78, 5) is 51.2. The number of piperidine rings is 1. The lowest BCUT2D eigenvalue weighted by molar-refractivity contribution is -0.188. The first-order valence-electron chi connectivity index (χ1n) is 13.4. The Morgan fingerprint density at radius 1 is 1.12 bits per heavy atom. The van der Waals surface area contributed by atoms with Crippen molar-refractivity contribution in [3.63, 3.8) is 0 Å². The number of carbonyl (C=O) groups excluding carboxylic acids is 4. The Balaban J connectivity index is 1.59. The predicted octanol–water partition coefficient (Wildman–Crippen LogP) is 3.65. The number of alkyl halides is 1. The summed E-state index contributed by atoms with van der Waals surface area (Å²) in [7, 11) is 0. The Morgan fingerprint density at radius 2 is 1.76 bits per heavy atom. The third kappa shape index (κ3) is 9.87. The number of thiol groups is 1. The summed E-state index contributed by atoms with van der Waals surface area (Å²) in [5.74, 6) is -4.60. The van der Waals surface area contributed by atoms with E-state index in [0.29, 0.717) is 12.8 Å². The van der Waals surface area contributed by atoms with Crippen LogP contribution in [0.5, 0.6) is 5.75 Å². The van der Waals surface area contributed by atoms with E-state index in [0.717, 1.165) is 11.0 Å². The van der Waals surface area contributed by atoms with Crippen LogP contribution in [0.15, 0.2) is 18.2 Å². The van der Waals surface area contributed by atoms with Crippen LogP contribution in [0.3, 0.4) is 0 Å². The van der Waals surface area contributed by atoms with Crippen molar-refractivity contribution >= 4 is 48.0 Å². The van der Waals surface area contributed by atoms with Gasteiger partial charge >= 0.3 is 6.09 Å². The standard InChI is InChI=1S/C27H37ClF2N4O7S/c1-25(2,3)41-24(38)34-14-27(42,31-21(35)13-39-16-6-7-18(28)19(29)12-16)9-8-20(34)23(37)33-32-22(36)15-10-17(11-15)40-26(4,5)30/h6-7,12,15,17,20,42H,8-11,13-14H2,1-5H3,(H,31,35)(H,32,36)(H,33,37)/t15?,17?,20-,27+/m1/s1. The molecule has 1 aliphatic carbocycles. The van der Waals surface area contributed by atoms with Gasteiger partial charge in [0, 0.05) is 12.0 Å². The second-order valence-electron chi connectivity index (χ2n) is 11.9. The Hall–Kier alpha value is -2.84. The maximum Gasteiger partial charge on any atom is 0.411 e. The van der Waals surface area contributed by atoms with Crippen molar-refractivity contribution in [1.29, 1.82) is 0 Å². The van der Waals surface area contributed by atoms with Gasteiger partial charge in [-0.15, -0.1) is 12.6 Å². The number of amides is 4. The molecule has 0 aromatic heterocycles. The Bertz CT molecular complexity index is 1190. The van der Waals surface area contributed by atoms with Gasteiger partial charge in [0.05, 0.1) is 17.7 Å². The number of likely N-dealkylation sites (tertiary alicyclic amines) is 1. The number of nitrogens with one attached hydrogen (secondary N) is 3. The number of rotatable bonds is 8. The minimum absolute atomic E-state index is 0.0684. The molecule has 1 saturated carbocycles. The molecular formula is C27H37ClF2N4O7S. The van der Waals surface area contributed by atoms with Gasteiger partial charge in [-0.25, -0.2) is 13.6 Å². The Kier molecular flexibility index (Phi) is 10.6. The minimum Gasteiger partial charge on any atom is -0.484 e. The first-order chi connectivity index (χ1) is 19.3. The summed E-state index contributed by atoms with van der Waals surface area (Å²) >= 11 is 10.2. The summed E-state index contributed by atoms with van der Waals surface area (Å²) < 4.78 is 43.3. The van der Waals surface area contributed by atoms with Crippen molar-refractivity contribution < 1.29 is 42.2 Å². The molecule has 1 heterocycles. The highest BCUT2D eigenvalue weighted by atomic mass is 35.5. The van der Waals surface area contributed by atoms with Gasteiger partial charge in [-0.05, 0) is 72.4 Å². The first kappa shape index (κ1) is 33.7. The lowest BCUT2D eigenvalue weighted by atomic mass is 9.81. The molecule has 2 aliphatic rings. The quantitative estimate of drug-likeness (QED) is 0.195. The normalized spacial score (nSPS) is 24.2. The number of hydrazine groups is 1. The summed E-state index contributed by atoms with van der Waals surface area (Å²) in [6.45, 7) is 6.87. The van der Waals surface area contributed by atoms with Crippen molar-refractivity contribution in [2.45, 2.75) is 88.8 Å². The van der Waals surface area contributed by atoms with Gasteiger partial charge in [-0.1, -0.05) is 11.6 Å². The van der Waals surface area contributed by atoms with Gasteiger partial charge in [0.1, 0.15) is 28.1 Å². The topological polar surface area (TPSA) is 135 Å². The fourth-order valence-electron chi connectivity index (χ4n) is 4.48. The van der Waals surface area contributed by atoms with E-state index in [1.165, 1.54) is 26.0 Å². The summed E-state index contributed by atoms with van der Waals surface area (Å²) in [5, 5.41) is 2.60. The molecule has 11 nitrogen and oxygen atoms in total. The number of hydrogen-bond acceptors (Lipinski definition) is 8. The molecule has 2 atom stereocenters. The van der Waals surface area contributed by atoms with E-state index in [-0.39, 0.29) is 30.2 Å². The van der Waals surface area contributed by atoms with Gasteiger partial charge < -0.3 is 19.5 Å². The van der Waals surface area contributed by atoms with Crippen molar-refractivity contribution in [3.8, 4) is 5.75 Å². The molecule has 1 aromatic carbocycles. The van der Waals surface area contributed by atoms with Crippen LogP contribution in [0.4, 0.5) is 13.6 Å². The van der Waals surface area contributed by atoms with Crippen molar-refractivity contribution in [2.24, 2.45) is 5.92 Å². The third-order valence-corrected chi connectivity index (χ3v) is 7.21. The molecule has 0 spiro atoms. The molecule has 234 valence electrons. The zero-order valence-corrected chi connectivity index (χ0v) is 25.7. The Labute approximate surface area is 253 Å². The van der Waals surface area contributed by atoms with Crippen molar-refractivity contribution in [1.82, 2.24) is 21.1 Å². The Morgan fingerprint density at radius 3 is 2.36 bits per heavy atom. The van der Waals surface area contributed by atoms with Crippen LogP contribution in [0.1, 0.15) is 60.3 Å². The molecule has 2 fully saturated rings. The van der Waals surface area contributed by atoms with Crippen LogP contribution in [0.25, 0.3) is 0 Å². The zero-order chi connectivity index (χ0) is 31.5. The van der Waals surface area contributed by atoms with E-state index < -0.39 is 70.6 Å². The fourth-order valence-corrected chi connectivity index (χ4v) is 5.01. The number of carbonyl (C=O) groups is 4. The predicted molar refractivity (Wildman–Crippen MR) is 152 cm³/mol. The molecule has 0 radical (unpaired) electrons. The SMILES string of the molecule is CC(C)(C)OC(=O)N1C[C@](S)(NC(=O)COc2ccc(Cl)c(F)c2)CC[C@@H]1C(=O)NNC(=O)C1CC(OC(C)(C)F)C1. The van der Waals surface area contributed by atoms with E-state index in [4.69, 9.17) is 25.8 Å². The maximum absolute atomic E-state index is 13.7. The number of halogens is 3. The van der Waals surface area contributed by atoms with Crippen LogP contribution in [0.2, 0.25) is 5.02 Å². The second-order valence-corrected chi connectivity index (χ2v) is 13.1. The van der Waals surface area contributed by atoms with Crippen LogP contribution < -0.4 is 20.9 Å². The van der Waals surface area contributed by atoms with E-state index in [1.807, 2.05) is 0 Å². The maximum atomic E-state index is 13.7. The number of nitrogens with zero attached hydrogens (tertiary/aromatic N) is 1. The summed E-state index contributed by atoms with van der Waals surface area (Å²) in [6, 6.07) is 2.70. The molecule has 4 amide bonds. The molecule has 1 saturated heterocycles. The van der Waals surface area contributed by atoms with Gasteiger partial charge in [0.25, 0.3) is 11.8 Å². The van der Waals surface area contributed by atoms with E-state index in [1.54, 1.807) is 20.8 Å². The lowest BCUT2D eigenvalue weighted by Crippen LogP contribution is -2.64. The van der Waals surface area contributed by atoms with Gasteiger partial charge in [-0.3, -0.25) is 30.1 Å². The van der Waals surface area contributed by atoms with Crippen LogP contribution in [0, 0.1) is 11.7 Å². The molecule has 15 heteroatoms. The van der Waals surface area contributed by atoms with E-state index >= 15 is 0 Å². The van der Waals surface area contributed by atoms with E-state index in [2.05, 4.69) is 28.8 Å². The number of hydrogen-bond donors (Lipinski definition) is 4. The van der Waals surface area contributed by atoms with Crippen molar-refractivity contribution in [3.05, 3.63) is 29.0 Å². The van der Waals surface area contributed by atoms with Gasteiger partial charge in [-0.2, -0.15) is 0 Å². The monoisotopic (exact) mass is 634 g/mol. The highest BCUT2D eigenvalue weighted by molar-refractivity contribution is 7.81. The molecule has 1 aromatic rings. The first-order valence-corrected chi connectivity index (χ1v) is 14.2. The minimum atomic E-state index is -1.81. The smallest absolute Gasteiger partial charge is 0.411 e. The third-order valence-electron chi connectivity index (χ3n) is 6.42. The van der Waals surface area contributed by atoms with Gasteiger partial charge in [0.2, 0.25) is 11.8 Å². The highest BCUT2D eigenvalue weighted by Gasteiger charge is 2.45. The van der Waals surface area contributed by atoms with E-state index in [9.17, 15) is 28.0 Å². The summed E-state index contributed by atoms with van der Waals surface area (Å²) in [5.41, 5.74) is 3.83. The lowest BCUT2D eigenvalue weighted by Gasteiger charge is -2.44. The zero-order valence-electron chi connectivity index (χ0n) is 24.1. The average Bonchev–Trinajstić information content (AvgIpc) is 2.83. The number of ether oxygens (including phenoxy) is 3. The second kappa shape index (κ2) is 13.2. The van der Waals surface area contributed by atoms with Crippen LogP contribution >= 0.6 is 24.2 Å². The highest BCUT2D eigenvalue weighted by Crippen LogP contribution is 2.34. The van der Waals surface area contributed by atoms with Crippen molar-refractivity contribution in [2.75, 3.05) is 13.2 Å². The fraction of sp³-hybridized carbons (Fsp3) is 0.630. The van der Waals surface area contributed by atoms with Crippen LogP contribution in [-0.4, -0.2) is 70.3 Å². The van der Waals surface area contributed by atoms with Gasteiger partial charge in [0.15, 0.2) is 6.61 Å². The molecule has 0 unspecified atom stereocenters. The molecule has 42 heavy (non-hydrogen) atoms. The molecule has 1 aliphatic heterocycles.